The van der Waals surface area contributed by atoms with Gasteiger partial charge in [-0.15, -0.1) is 0 Å². The van der Waals surface area contributed by atoms with E-state index in [4.69, 9.17) is 10.9 Å². The second-order valence-electron chi connectivity index (χ2n) is 5.44. The average molecular weight is 348 g/mol. The third kappa shape index (κ3) is 3.78. The van der Waals surface area contributed by atoms with E-state index in [0.29, 0.717) is 11.5 Å². The third-order valence-electron chi connectivity index (χ3n) is 3.39. The Morgan fingerprint density at radius 2 is 2.04 bits per heavy atom. The minimum atomic E-state index is -3.81. The molecule has 24 heavy (non-hydrogen) atoms. The molecule has 2 aromatic rings. The minimum Gasteiger partial charge on any atom is -0.367 e. The third-order valence-corrected chi connectivity index (χ3v) is 4.30. The van der Waals surface area contributed by atoms with E-state index < -0.39 is 15.9 Å². The van der Waals surface area contributed by atoms with Crippen LogP contribution in [0.3, 0.4) is 0 Å². The van der Waals surface area contributed by atoms with E-state index in [1.54, 1.807) is 12.1 Å². The zero-order chi connectivity index (χ0) is 17.3. The summed E-state index contributed by atoms with van der Waals surface area (Å²) >= 11 is 0. The van der Waals surface area contributed by atoms with Crippen LogP contribution in [0.1, 0.15) is 23.2 Å². The first-order valence-corrected chi connectivity index (χ1v) is 8.71. The number of nitrogens with zero attached hydrogens (tertiary/aromatic N) is 2. The van der Waals surface area contributed by atoms with Crippen molar-refractivity contribution >= 4 is 33.4 Å². The molecule has 9 nitrogen and oxygen atoms in total. The van der Waals surface area contributed by atoms with Crippen LogP contribution in [0.5, 0.6) is 0 Å². The maximum absolute atomic E-state index is 11.4. The number of hydrogen-bond donors (Lipinski definition) is 4. The van der Waals surface area contributed by atoms with Crippen LogP contribution in [-0.2, 0) is 10.0 Å². The fourth-order valence-electron chi connectivity index (χ4n) is 2.03. The number of sulfonamides is 1. The van der Waals surface area contributed by atoms with E-state index in [1.807, 2.05) is 0 Å². The molecule has 1 aromatic heterocycles. The number of nitrogens with two attached hydrogens (primary N) is 2. The topological polar surface area (TPSA) is 153 Å². The molecule has 0 aliphatic heterocycles. The van der Waals surface area contributed by atoms with Crippen LogP contribution in [0.25, 0.3) is 0 Å². The van der Waals surface area contributed by atoms with Gasteiger partial charge in [0.05, 0.1) is 10.5 Å². The van der Waals surface area contributed by atoms with Gasteiger partial charge in [-0.2, -0.15) is 4.98 Å². The monoisotopic (exact) mass is 348 g/mol. The standard InChI is InChI=1S/C14H16N6O3S/c15-12(21)11-7-17-14(20-13(11)18-8-4-5-8)19-9-2-1-3-10(6-9)24(16,22)23/h1-3,6-8H,4-5H2,(H2,15,21)(H2,16,22,23)(H2,17,18,19,20). The van der Waals surface area contributed by atoms with Gasteiger partial charge in [-0.3, -0.25) is 4.79 Å². The molecule has 3 rings (SSSR count). The normalized spacial score (nSPS) is 14.2. The van der Waals surface area contributed by atoms with Crippen LogP contribution in [0.2, 0.25) is 0 Å². The molecule has 0 spiro atoms. The summed E-state index contributed by atoms with van der Waals surface area (Å²) < 4.78 is 22.8. The lowest BCUT2D eigenvalue weighted by Gasteiger charge is -2.11. The number of amides is 1. The van der Waals surface area contributed by atoms with Crippen molar-refractivity contribution in [1.82, 2.24) is 9.97 Å². The van der Waals surface area contributed by atoms with Crippen molar-refractivity contribution in [1.29, 1.82) is 0 Å². The van der Waals surface area contributed by atoms with Gasteiger partial charge in [-0.1, -0.05) is 6.07 Å². The van der Waals surface area contributed by atoms with Gasteiger partial charge >= 0.3 is 0 Å². The fourth-order valence-corrected chi connectivity index (χ4v) is 2.59. The molecule has 6 N–H and O–H groups in total. The Morgan fingerprint density at radius 1 is 1.29 bits per heavy atom. The van der Waals surface area contributed by atoms with Crippen LogP contribution >= 0.6 is 0 Å². The highest BCUT2D eigenvalue weighted by atomic mass is 32.2. The van der Waals surface area contributed by atoms with Crippen molar-refractivity contribution in [2.45, 2.75) is 23.8 Å². The average Bonchev–Trinajstić information content (AvgIpc) is 3.30. The first-order chi connectivity index (χ1) is 11.3. The second-order valence-corrected chi connectivity index (χ2v) is 7.00. The lowest BCUT2D eigenvalue weighted by Crippen LogP contribution is -2.17. The number of anilines is 3. The number of benzene rings is 1. The molecule has 1 amide bonds. The van der Waals surface area contributed by atoms with Gasteiger partial charge in [0.15, 0.2) is 0 Å². The molecule has 1 heterocycles. The number of primary amides is 1. The summed E-state index contributed by atoms with van der Waals surface area (Å²) in [5, 5.41) is 11.1. The van der Waals surface area contributed by atoms with E-state index in [-0.39, 0.29) is 22.4 Å². The van der Waals surface area contributed by atoms with Crippen LogP contribution in [-0.4, -0.2) is 30.3 Å². The van der Waals surface area contributed by atoms with Crippen LogP contribution in [0.15, 0.2) is 35.4 Å². The number of nitrogens with one attached hydrogen (secondary N) is 2. The van der Waals surface area contributed by atoms with E-state index in [9.17, 15) is 13.2 Å². The van der Waals surface area contributed by atoms with Gasteiger partial charge in [0.2, 0.25) is 16.0 Å². The Hall–Kier alpha value is -2.72. The lowest BCUT2D eigenvalue weighted by atomic mass is 10.3. The summed E-state index contributed by atoms with van der Waals surface area (Å²) in [6.45, 7) is 0. The highest BCUT2D eigenvalue weighted by Gasteiger charge is 2.24. The first-order valence-electron chi connectivity index (χ1n) is 7.16. The van der Waals surface area contributed by atoms with Crippen molar-refractivity contribution < 1.29 is 13.2 Å². The SMILES string of the molecule is NC(=O)c1cnc(Nc2cccc(S(N)(=O)=O)c2)nc1NC1CC1. The summed E-state index contributed by atoms with van der Waals surface area (Å²) in [6, 6.07) is 6.22. The number of carbonyl (C=O) groups excluding carboxylic acids is 1. The summed E-state index contributed by atoms with van der Waals surface area (Å²) in [5.41, 5.74) is 5.97. The maximum atomic E-state index is 11.4. The summed E-state index contributed by atoms with van der Waals surface area (Å²) in [6.07, 6.45) is 3.33. The molecule has 0 bridgehead atoms. The quantitative estimate of drug-likeness (QED) is 0.594. The zero-order valence-electron chi connectivity index (χ0n) is 12.6. The van der Waals surface area contributed by atoms with Gasteiger partial charge in [0.25, 0.3) is 5.91 Å². The lowest BCUT2D eigenvalue weighted by molar-refractivity contribution is 0.100. The van der Waals surface area contributed by atoms with Gasteiger partial charge < -0.3 is 16.4 Å². The molecule has 0 atom stereocenters. The van der Waals surface area contributed by atoms with E-state index in [0.717, 1.165) is 12.8 Å². The van der Waals surface area contributed by atoms with Crippen LogP contribution in [0, 0.1) is 0 Å². The molecule has 0 radical (unpaired) electrons. The Kier molecular flexibility index (Phi) is 4.08. The first kappa shape index (κ1) is 16.1. The molecule has 1 aromatic carbocycles. The highest BCUT2D eigenvalue weighted by molar-refractivity contribution is 7.89. The van der Waals surface area contributed by atoms with E-state index >= 15 is 0 Å². The number of rotatable bonds is 6. The Balaban J connectivity index is 1.88. The molecule has 126 valence electrons. The smallest absolute Gasteiger partial charge is 0.254 e. The number of aromatic nitrogens is 2. The highest BCUT2D eigenvalue weighted by Crippen LogP contribution is 2.26. The minimum absolute atomic E-state index is 0.0300. The number of carbonyl (C=O) groups is 1. The van der Waals surface area contributed by atoms with Gasteiger partial charge in [-0.05, 0) is 31.0 Å². The van der Waals surface area contributed by atoms with Crippen molar-refractivity contribution in [3.05, 3.63) is 36.0 Å². The van der Waals surface area contributed by atoms with Crippen molar-refractivity contribution in [3.63, 3.8) is 0 Å². The van der Waals surface area contributed by atoms with Crippen molar-refractivity contribution in [2.75, 3.05) is 10.6 Å². The largest absolute Gasteiger partial charge is 0.367 e. The van der Waals surface area contributed by atoms with Crippen LogP contribution in [0.4, 0.5) is 17.5 Å². The maximum Gasteiger partial charge on any atom is 0.254 e. The Morgan fingerprint density at radius 3 is 2.67 bits per heavy atom. The Bertz CT molecular complexity index is 895. The summed E-state index contributed by atoms with van der Waals surface area (Å²) in [4.78, 5) is 19.7. The molecule has 1 aliphatic carbocycles. The van der Waals surface area contributed by atoms with Gasteiger partial charge in [0, 0.05) is 17.9 Å². The fraction of sp³-hybridized carbons (Fsp3) is 0.214. The molecule has 0 unspecified atom stereocenters. The molecular formula is C14H16N6O3S. The van der Waals surface area contributed by atoms with Gasteiger partial charge in [-0.25, -0.2) is 18.5 Å². The summed E-state index contributed by atoms with van der Waals surface area (Å²) in [5.74, 6) is -0.0688. The van der Waals surface area contributed by atoms with Gasteiger partial charge in [0.1, 0.15) is 5.82 Å². The molecule has 0 saturated heterocycles. The molecule has 1 fully saturated rings. The van der Waals surface area contributed by atoms with Crippen LogP contribution < -0.4 is 21.5 Å². The number of hydrogen-bond acceptors (Lipinski definition) is 7. The van der Waals surface area contributed by atoms with Crippen molar-refractivity contribution in [2.24, 2.45) is 10.9 Å². The molecule has 10 heteroatoms. The van der Waals surface area contributed by atoms with E-state index in [1.165, 1.54) is 18.3 Å². The second kappa shape index (κ2) is 6.06. The van der Waals surface area contributed by atoms with E-state index in [2.05, 4.69) is 20.6 Å². The predicted molar refractivity (Wildman–Crippen MR) is 88.3 cm³/mol. The Labute approximate surface area is 138 Å². The predicted octanol–water partition coefficient (Wildman–Crippen LogP) is 0.541. The van der Waals surface area contributed by atoms with Crippen molar-refractivity contribution in [3.8, 4) is 0 Å². The summed E-state index contributed by atoms with van der Waals surface area (Å²) in [7, 11) is -3.81. The number of primary sulfonamides is 1. The molecule has 1 saturated carbocycles. The molecular weight excluding hydrogens is 332 g/mol. The zero-order valence-corrected chi connectivity index (χ0v) is 13.4. The molecule has 1 aliphatic rings.